The highest BCUT2D eigenvalue weighted by molar-refractivity contribution is 5.77. The first-order valence-electron chi connectivity index (χ1n) is 7.52. The average molecular weight is 324 g/mol. The Morgan fingerprint density at radius 2 is 1.75 bits per heavy atom. The van der Waals surface area contributed by atoms with Crippen molar-refractivity contribution in [3.63, 3.8) is 0 Å². The van der Waals surface area contributed by atoms with Crippen LogP contribution in [-0.4, -0.2) is 28.7 Å². The maximum absolute atomic E-state index is 12.3. The van der Waals surface area contributed by atoms with Gasteiger partial charge in [0.25, 0.3) is 5.56 Å². The maximum Gasteiger partial charge on any atom is 0.326 e. The molecule has 0 N–H and O–H groups in total. The standard InChI is InChI=1S/C18H16N2O4/c21-17(24-11-10-23-14-6-2-1-3-7-14)12-20-13-19-16-9-5-4-8-15(16)18(20)22/h1-9,13H,10-12H2. The van der Waals surface area contributed by atoms with Crippen molar-refractivity contribution >= 4 is 16.9 Å². The van der Waals surface area contributed by atoms with E-state index in [1.54, 1.807) is 24.3 Å². The molecule has 0 aliphatic carbocycles. The molecule has 0 atom stereocenters. The van der Waals surface area contributed by atoms with Gasteiger partial charge in [0.15, 0.2) is 0 Å². The van der Waals surface area contributed by atoms with Gasteiger partial charge in [-0.2, -0.15) is 0 Å². The third kappa shape index (κ3) is 3.78. The molecule has 6 heteroatoms. The number of benzene rings is 2. The van der Waals surface area contributed by atoms with Crippen molar-refractivity contribution in [3.05, 3.63) is 71.3 Å². The van der Waals surface area contributed by atoms with Crippen LogP contribution < -0.4 is 10.3 Å². The van der Waals surface area contributed by atoms with E-state index in [0.29, 0.717) is 16.7 Å². The molecule has 6 nitrogen and oxygen atoms in total. The van der Waals surface area contributed by atoms with Crippen LogP contribution in [0, 0.1) is 0 Å². The monoisotopic (exact) mass is 324 g/mol. The van der Waals surface area contributed by atoms with Crippen molar-refractivity contribution in [1.82, 2.24) is 9.55 Å². The van der Waals surface area contributed by atoms with E-state index in [1.165, 1.54) is 10.9 Å². The average Bonchev–Trinajstić information content (AvgIpc) is 2.62. The van der Waals surface area contributed by atoms with E-state index in [0.717, 1.165) is 0 Å². The minimum absolute atomic E-state index is 0.115. The molecule has 0 aliphatic rings. The third-order valence-corrected chi connectivity index (χ3v) is 3.39. The zero-order valence-corrected chi connectivity index (χ0v) is 12.9. The van der Waals surface area contributed by atoms with Crippen LogP contribution >= 0.6 is 0 Å². The molecule has 0 unspecified atom stereocenters. The molecule has 0 radical (unpaired) electrons. The van der Waals surface area contributed by atoms with Gasteiger partial charge in [-0.25, -0.2) is 4.98 Å². The van der Waals surface area contributed by atoms with Crippen LogP contribution in [-0.2, 0) is 16.1 Å². The molecule has 0 saturated heterocycles. The Labute approximate surface area is 138 Å². The van der Waals surface area contributed by atoms with Crippen LogP contribution in [0.5, 0.6) is 5.75 Å². The topological polar surface area (TPSA) is 70.4 Å². The number of ether oxygens (including phenoxy) is 2. The fourth-order valence-corrected chi connectivity index (χ4v) is 2.24. The van der Waals surface area contributed by atoms with Gasteiger partial charge in [0.1, 0.15) is 25.5 Å². The van der Waals surface area contributed by atoms with Crippen molar-refractivity contribution in [2.45, 2.75) is 6.54 Å². The first-order chi connectivity index (χ1) is 11.7. The van der Waals surface area contributed by atoms with Gasteiger partial charge in [-0.3, -0.25) is 14.2 Å². The van der Waals surface area contributed by atoms with Gasteiger partial charge in [-0.1, -0.05) is 30.3 Å². The Morgan fingerprint density at radius 3 is 2.58 bits per heavy atom. The smallest absolute Gasteiger partial charge is 0.326 e. The molecule has 3 aromatic rings. The number of para-hydroxylation sites is 2. The van der Waals surface area contributed by atoms with E-state index in [-0.39, 0.29) is 25.3 Å². The second-order valence-electron chi connectivity index (χ2n) is 5.08. The van der Waals surface area contributed by atoms with E-state index >= 15 is 0 Å². The summed E-state index contributed by atoms with van der Waals surface area (Å²) in [6, 6.07) is 16.3. The van der Waals surface area contributed by atoms with Crippen LogP contribution in [0.2, 0.25) is 0 Å². The number of fused-ring (bicyclic) bond motifs is 1. The predicted octanol–water partition coefficient (Wildman–Crippen LogP) is 2.02. The van der Waals surface area contributed by atoms with Gasteiger partial charge in [0, 0.05) is 0 Å². The zero-order valence-electron chi connectivity index (χ0n) is 12.9. The Bertz CT molecular complexity index is 890. The zero-order chi connectivity index (χ0) is 16.8. The minimum Gasteiger partial charge on any atom is -0.490 e. The number of hydrogen-bond donors (Lipinski definition) is 0. The minimum atomic E-state index is -0.508. The van der Waals surface area contributed by atoms with E-state index in [9.17, 15) is 9.59 Å². The molecule has 1 heterocycles. The third-order valence-electron chi connectivity index (χ3n) is 3.39. The van der Waals surface area contributed by atoms with Crippen LogP contribution in [0.15, 0.2) is 65.7 Å². The van der Waals surface area contributed by atoms with Crippen molar-refractivity contribution in [2.75, 3.05) is 13.2 Å². The molecule has 1 aromatic heterocycles. The summed E-state index contributed by atoms with van der Waals surface area (Å²) in [5.41, 5.74) is 0.335. The molecular formula is C18H16N2O4. The van der Waals surface area contributed by atoms with Crippen LogP contribution in [0.25, 0.3) is 10.9 Å². The molecule has 0 fully saturated rings. The van der Waals surface area contributed by atoms with Gasteiger partial charge in [-0.15, -0.1) is 0 Å². The molecule has 0 spiro atoms. The van der Waals surface area contributed by atoms with Crippen LogP contribution in [0.3, 0.4) is 0 Å². The van der Waals surface area contributed by atoms with Crippen molar-refractivity contribution in [3.8, 4) is 5.75 Å². The molecule has 2 aromatic carbocycles. The first-order valence-corrected chi connectivity index (χ1v) is 7.52. The highest BCUT2D eigenvalue weighted by Crippen LogP contribution is 2.07. The predicted molar refractivity (Wildman–Crippen MR) is 88.9 cm³/mol. The molecule has 0 aliphatic heterocycles. The number of esters is 1. The van der Waals surface area contributed by atoms with Gasteiger partial charge in [0.05, 0.1) is 17.2 Å². The summed E-state index contributed by atoms with van der Waals surface area (Å²) in [6.45, 7) is 0.187. The summed E-state index contributed by atoms with van der Waals surface area (Å²) in [7, 11) is 0. The first kappa shape index (κ1) is 15.7. The fourth-order valence-electron chi connectivity index (χ4n) is 2.24. The van der Waals surface area contributed by atoms with Crippen molar-refractivity contribution in [2.24, 2.45) is 0 Å². The lowest BCUT2D eigenvalue weighted by molar-refractivity contribution is -0.145. The van der Waals surface area contributed by atoms with Gasteiger partial charge in [0.2, 0.25) is 0 Å². The number of hydrogen-bond acceptors (Lipinski definition) is 5. The van der Waals surface area contributed by atoms with E-state index in [1.807, 2.05) is 30.3 Å². The van der Waals surface area contributed by atoms with Crippen molar-refractivity contribution < 1.29 is 14.3 Å². The molecule has 0 saturated carbocycles. The second kappa shape index (κ2) is 7.41. The lowest BCUT2D eigenvalue weighted by Gasteiger charge is -2.08. The largest absolute Gasteiger partial charge is 0.490 e. The summed E-state index contributed by atoms with van der Waals surface area (Å²) in [5.74, 6) is 0.203. The van der Waals surface area contributed by atoms with E-state index in [2.05, 4.69) is 4.98 Å². The molecule has 122 valence electrons. The van der Waals surface area contributed by atoms with Gasteiger partial charge >= 0.3 is 5.97 Å². The Hall–Kier alpha value is -3.15. The van der Waals surface area contributed by atoms with E-state index < -0.39 is 5.97 Å². The van der Waals surface area contributed by atoms with Crippen LogP contribution in [0.1, 0.15) is 0 Å². The normalized spacial score (nSPS) is 10.5. The lowest BCUT2D eigenvalue weighted by Crippen LogP contribution is -2.26. The number of nitrogens with zero attached hydrogens (tertiary/aromatic N) is 2. The van der Waals surface area contributed by atoms with E-state index in [4.69, 9.17) is 9.47 Å². The number of aromatic nitrogens is 2. The summed E-state index contributed by atoms with van der Waals surface area (Å²) < 4.78 is 11.8. The quantitative estimate of drug-likeness (QED) is 0.512. The lowest BCUT2D eigenvalue weighted by atomic mass is 10.2. The summed E-state index contributed by atoms with van der Waals surface area (Å²) >= 11 is 0. The molecule has 0 bridgehead atoms. The second-order valence-corrected chi connectivity index (χ2v) is 5.08. The fraction of sp³-hybridized carbons (Fsp3) is 0.167. The Balaban J connectivity index is 1.53. The summed E-state index contributed by atoms with van der Waals surface area (Å²) in [5, 5.41) is 0.472. The Kier molecular flexibility index (Phi) is 4.86. The van der Waals surface area contributed by atoms with Crippen LogP contribution in [0.4, 0.5) is 0 Å². The number of carbonyl (C=O) groups is 1. The van der Waals surface area contributed by atoms with Crippen molar-refractivity contribution in [1.29, 1.82) is 0 Å². The summed E-state index contributed by atoms with van der Waals surface area (Å²) in [6.07, 6.45) is 1.35. The molecule has 0 amide bonds. The Morgan fingerprint density at radius 1 is 1.00 bits per heavy atom. The van der Waals surface area contributed by atoms with Gasteiger partial charge < -0.3 is 9.47 Å². The highest BCUT2D eigenvalue weighted by Gasteiger charge is 2.08. The summed E-state index contributed by atoms with van der Waals surface area (Å²) in [4.78, 5) is 28.3. The van der Waals surface area contributed by atoms with Gasteiger partial charge in [-0.05, 0) is 24.3 Å². The maximum atomic E-state index is 12.3. The highest BCUT2D eigenvalue weighted by atomic mass is 16.6. The SMILES string of the molecule is O=C(Cn1cnc2ccccc2c1=O)OCCOc1ccccc1. The number of rotatable bonds is 6. The molecule has 24 heavy (non-hydrogen) atoms. The molecular weight excluding hydrogens is 308 g/mol. The number of carbonyl (C=O) groups excluding carboxylic acids is 1. The molecule has 3 rings (SSSR count).